The van der Waals surface area contributed by atoms with Crippen molar-refractivity contribution < 1.29 is 19.1 Å². The summed E-state index contributed by atoms with van der Waals surface area (Å²) in [6, 6.07) is 12.6. The van der Waals surface area contributed by atoms with Gasteiger partial charge in [-0.2, -0.15) is 0 Å². The summed E-state index contributed by atoms with van der Waals surface area (Å²) >= 11 is 11.9. The zero-order valence-electron chi connectivity index (χ0n) is 16.5. The van der Waals surface area contributed by atoms with Crippen molar-refractivity contribution in [1.29, 1.82) is 0 Å². The molecule has 0 aromatic heterocycles. The molecule has 1 atom stereocenters. The number of halogens is 2. The van der Waals surface area contributed by atoms with E-state index in [9.17, 15) is 14.4 Å². The third-order valence-electron chi connectivity index (χ3n) is 4.96. The van der Waals surface area contributed by atoms with E-state index >= 15 is 0 Å². The fraction of sp³-hybridized carbons (Fsp3) is 0.318. The number of anilines is 1. The summed E-state index contributed by atoms with van der Waals surface area (Å²) in [4.78, 5) is 38.4. The smallest absolute Gasteiger partial charge is 0.311 e. The van der Waals surface area contributed by atoms with Gasteiger partial charge >= 0.3 is 5.97 Å². The molecule has 2 amide bonds. The fourth-order valence-electron chi connectivity index (χ4n) is 3.34. The van der Waals surface area contributed by atoms with E-state index in [1.807, 2.05) is 31.2 Å². The third-order valence-corrected chi connectivity index (χ3v) is 5.55. The summed E-state index contributed by atoms with van der Waals surface area (Å²) in [6.45, 7) is 2.04. The van der Waals surface area contributed by atoms with E-state index in [-0.39, 0.29) is 25.4 Å². The average Bonchev–Trinajstić information content (AvgIpc) is 3.12. The van der Waals surface area contributed by atoms with Crippen molar-refractivity contribution in [3.05, 3.63) is 63.6 Å². The van der Waals surface area contributed by atoms with Crippen molar-refractivity contribution in [3.63, 3.8) is 0 Å². The lowest BCUT2D eigenvalue weighted by molar-refractivity contribution is -0.152. The van der Waals surface area contributed by atoms with Crippen molar-refractivity contribution in [3.8, 4) is 0 Å². The van der Waals surface area contributed by atoms with Crippen molar-refractivity contribution in [2.75, 3.05) is 18.1 Å². The van der Waals surface area contributed by atoms with Crippen LogP contribution < -0.4 is 10.2 Å². The van der Waals surface area contributed by atoms with Gasteiger partial charge in [-0.05, 0) is 35.7 Å². The molecular formula is C22H22Cl2N2O4. The molecule has 6 nitrogen and oxygen atoms in total. The second-order valence-electron chi connectivity index (χ2n) is 7.01. The van der Waals surface area contributed by atoms with Gasteiger partial charge in [0.15, 0.2) is 6.61 Å². The van der Waals surface area contributed by atoms with Crippen molar-refractivity contribution in [2.45, 2.75) is 26.3 Å². The Balaban J connectivity index is 1.50. The Hall–Kier alpha value is -2.57. The highest BCUT2D eigenvalue weighted by molar-refractivity contribution is 6.35. The van der Waals surface area contributed by atoms with Crippen LogP contribution >= 0.6 is 23.2 Å². The minimum atomic E-state index is -0.596. The number of carbonyl (C=O) groups is 3. The molecule has 1 heterocycles. The number of nitrogens with one attached hydrogen (secondary N) is 1. The summed E-state index contributed by atoms with van der Waals surface area (Å²) in [5.74, 6) is -1.73. The van der Waals surface area contributed by atoms with E-state index in [0.29, 0.717) is 15.6 Å². The predicted octanol–water partition coefficient (Wildman–Crippen LogP) is 3.77. The minimum absolute atomic E-state index is 0.0683. The third kappa shape index (κ3) is 5.32. The topological polar surface area (TPSA) is 75.7 Å². The number of amides is 2. The standard InChI is InChI=1S/C22H22Cl2N2O4/c1-2-14-5-3-4-6-19(14)26-12-16(9-21(26)28)22(29)30-13-20(27)25-11-15-7-8-17(23)10-18(15)24/h3-8,10,16H,2,9,11-13H2,1H3,(H,25,27). The van der Waals surface area contributed by atoms with Gasteiger partial charge in [0.1, 0.15) is 0 Å². The molecule has 0 aliphatic carbocycles. The molecule has 30 heavy (non-hydrogen) atoms. The van der Waals surface area contributed by atoms with Gasteiger partial charge in [0.2, 0.25) is 5.91 Å². The van der Waals surface area contributed by atoms with Crippen LogP contribution in [0.1, 0.15) is 24.5 Å². The van der Waals surface area contributed by atoms with Crippen LogP contribution in [0.3, 0.4) is 0 Å². The molecule has 158 valence electrons. The fourth-order valence-corrected chi connectivity index (χ4v) is 3.81. The Kier molecular flexibility index (Phi) is 7.34. The second-order valence-corrected chi connectivity index (χ2v) is 7.85. The number of para-hydroxylation sites is 1. The molecule has 1 aliphatic rings. The number of aryl methyl sites for hydroxylation is 1. The van der Waals surface area contributed by atoms with Crippen LogP contribution in [0.15, 0.2) is 42.5 Å². The molecular weight excluding hydrogens is 427 g/mol. The van der Waals surface area contributed by atoms with E-state index in [1.54, 1.807) is 23.1 Å². The first-order chi connectivity index (χ1) is 14.4. The molecule has 0 spiro atoms. The molecule has 1 saturated heterocycles. The maximum Gasteiger partial charge on any atom is 0.311 e. The molecule has 2 aromatic carbocycles. The van der Waals surface area contributed by atoms with Crippen molar-refractivity contribution in [1.82, 2.24) is 5.32 Å². The highest BCUT2D eigenvalue weighted by Gasteiger charge is 2.36. The summed E-state index contributed by atoms with van der Waals surface area (Å²) in [5.41, 5.74) is 2.56. The van der Waals surface area contributed by atoms with E-state index in [2.05, 4.69) is 5.32 Å². The Morgan fingerprint density at radius 3 is 2.67 bits per heavy atom. The largest absolute Gasteiger partial charge is 0.455 e. The lowest BCUT2D eigenvalue weighted by Crippen LogP contribution is -2.31. The lowest BCUT2D eigenvalue weighted by Gasteiger charge is -2.19. The zero-order valence-corrected chi connectivity index (χ0v) is 18.0. The normalized spacial score (nSPS) is 15.9. The first-order valence-electron chi connectivity index (χ1n) is 9.64. The quantitative estimate of drug-likeness (QED) is 0.654. The van der Waals surface area contributed by atoms with Crippen LogP contribution in [-0.2, 0) is 32.1 Å². The SMILES string of the molecule is CCc1ccccc1N1CC(C(=O)OCC(=O)NCc2ccc(Cl)cc2Cl)CC1=O. The Morgan fingerprint density at radius 1 is 1.17 bits per heavy atom. The molecule has 0 radical (unpaired) electrons. The lowest BCUT2D eigenvalue weighted by atomic mass is 10.1. The number of rotatable bonds is 7. The maximum absolute atomic E-state index is 12.4. The minimum Gasteiger partial charge on any atom is -0.455 e. The molecule has 1 unspecified atom stereocenters. The molecule has 8 heteroatoms. The van der Waals surface area contributed by atoms with E-state index in [0.717, 1.165) is 17.7 Å². The van der Waals surface area contributed by atoms with E-state index in [1.165, 1.54) is 0 Å². The monoisotopic (exact) mass is 448 g/mol. The van der Waals surface area contributed by atoms with Crippen molar-refractivity contribution >= 4 is 46.7 Å². The first-order valence-corrected chi connectivity index (χ1v) is 10.4. The number of benzene rings is 2. The zero-order chi connectivity index (χ0) is 21.7. The number of nitrogens with zero attached hydrogens (tertiary/aromatic N) is 1. The molecule has 1 N–H and O–H groups in total. The molecule has 0 saturated carbocycles. The van der Waals surface area contributed by atoms with Crippen LogP contribution in [0.2, 0.25) is 10.0 Å². The van der Waals surface area contributed by atoms with Gasteiger partial charge in [0, 0.05) is 35.2 Å². The molecule has 3 rings (SSSR count). The molecule has 1 aliphatic heterocycles. The predicted molar refractivity (Wildman–Crippen MR) is 116 cm³/mol. The Morgan fingerprint density at radius 2 is 1.93 bits per heavy atom. The van der Waals surface area contributed by atoms with Gasteiger partial charge in [-0.15, -0.1) is 0 Å². The highest BCUT2D eigenvalue weighted by atomic mass is 35.5. The molecule has 1 fully saturated rings. The Bertz CT molecular complexity index is 964. The number of hydrogen-bond acceptors (Lipinski definition) is 4. The number of ether oxygens (including phenoxy) is 1. The summed E-state index contributed by atoms with van der Waals surface area (Å²) in [5, 5.41) is 3.59. The Labute approximate surface area is 185 Å². The second kappa shape index (κ2) is 9.96. The summed E-state index contributed by atoms with van der Waals surface area (Å²) < 4.78 is 5.13. The summed E-state index contributed by atoms with van der Waals surface area (Å²) in [7, 11) is 0. The number of carbonyl (C=O) groups excluding carboxylic acids is 3. The molecule has 0 bridgehead atoms. The van der Waals surface area contributed by atoms with Gasteiger partial charge in [-0.1, -0.05) is 54.4 Å². The van der Waals surface area contributed by atoms with Crippen LogP contribution in [-0.4, -0.2) is 30.9 Å². The first kappa shape index (κ1) is 22.1. The van der Waals surface area contributed by atoms with Gasteiger partial charge < -0.3 is 15.0 Å². The van der Waals surface area contributed by atoms with Crippen LogP contribution in [0.5, 0.6) is 0 Å². The number of esters is 1. The van der Waals surface area contributed by atoms with E-state index < -0.39 is 24.4 Å². The van der Waals surface area contributed by atoms with Crippen LogP contribution in [0, 0.1) is 5.92 Å². The maximum atomic E-state index is 12.4. The van der Waals surface area contributed by atoms with Crippen LogP contribution in [0.25, 0.3) is 0 Å². The van der Waals surface area contributed by atoms with Crippen molar-refractivity contribution in [2.24, 2.45) is 5.92 Å². The van der Waals surface area contributed by atoms with Gasteiger partial charge in [-0.25, -0.2) is 0 Å². The van der Waals surface area contributed by atoms with Crippen LogP contribution in [0.4, 0.5) is 5.69 Å². The highest BCUT2D eigenvalue weighted by Crippen LogP contribution is 2.29. The van der Waals surface area contributed by atoms with Gasteiger partial charge in [0.25, 0.3) is 5.91 Å². The van der Waals surface area contributed by atoms with Gasteiger partial charge in [0.05, 0.1) is 5.92 Å². The van der Waals surface area contributed by atoms with E-state index in [4.69, 9.17) is 27.9 Å². The summed E-state index contributed by atoms with van der Waals surface area (Å²) in [6.07, 6.45) is 0.853. The number of hydrogen-bond donors (Lipinski definition) is 1. The van der Waals surface area contributed by atoms with Gasteiger partial charge in [-0.3, -0.25) is 14.4 Å². The average molecular weight is 449 g/mol. The molecule has 2 aromatic rings.